The van der Waals surface area contributed by atoms with Crippen molar-refractivity contribution in [2.45, 2.75) is 6.92 Å². The lowest BCUT2D eigenvalue weighted by Crippen LogP contribution is -2.06. The lowest BCUT2D eigenvalue weighted by atomic mass is 10.1. The van der Waals surface area contributed by atoms with Crippen LogP contribution in [0.4, 0.5) is 4.39 Å². The molecule has 0 saturated heterocycles. The third kappa shape index (κ3) is 2.86. The SMILES string of the molecule is COc1c(Cl)ccc(-c2nc(C(C)=O)c3nc4ccccc4nc3n2)c1F. The Morgan fingerprint density at radius 1 is 1.04 bits per heavy atom. The molecule has 6 nitrogen and oxygen atoms in total. The van der Waals surface area contributed by atoms with Crippen LogP contribution in [0.2, 0.25) is 5.02 Å². The zero-order valence-electron chi connectivity index (χ0n) is 14.3. The van der Waals surface area contributed by atoms with Gasteiger partial charge in [-0.05, 0) is 24.3 Å². The minimum absolute atomic E-state index is 0.00440. The molecule has 4 rings (SSSR count). The summed E-state index contributed by atoms with van der Waals surface area (Å²) < 4.78 is 19.8. The number of Topliss-reactive ketones (excluding diaryl/α,β-unsaturated/α-hetero) is 1. The molecule has 0 amide bonds. The highest BCUT2D eigenvalue weighted by atomic mass is 35.5. The number of para-hydroxylation sites is 2. The van der Waals surface area contributed by atoms with Gasteiger partial charge in [0.1, 0.15) is 11.2 Å². The van der Waals surface area contributed by atoms with Crippen molar-refractivity contribution >= 4 is 39.6 Å². The van der Waals surface area contributed by atoms with Gasteiger partial charge in [0.05, 0.1) is 28.7 Å². The molecule has 2 heterocycles. The van der Waals surface area contributed by atoms with Crippen LogP contribution in [0.5, 0.6) is 5.75 Å². The average Bonchev–Trinajstić information content (AvgIpc) is 2.66. The van der Waals surface area contributed by atoms with E-state index in [0.717, 1.165) is 0 Å². The van der Waals surface area contributed by atoms with E-state index in [1.54, 1.807) is 12.1 Å². The highest BCUT2D eigenvalue weighted by Crippen LogP contribution is 2.34. The van der Waals surface area contributed by atoms with E-state index in [0.29, 0.717) is 11.0 Å². The molecule has 134 valence electrons. The van der Waals surface area contributed by atoms with Gasteiger partial charge in [0.2, 0.25) is 0 Å². The van der Waals surface area contributed by atoms with Crippen molar-refractivity contribution in [3.05, 3.63) is 52.9 Å². The van der Waals surface area contributed by atoms with Crippen molar-refractivity contribution in [2.75, 3.05) is 7.11 Å². The minimum atomic E-state index is -0.715. The molecule has 0 saturated carbocycles. The molecule has 0 radical (unpaired) electrons. The van der Waals surface area contributed by atoms with E-state index in [1.165, 1.54) is 26.2 Å². The molecule has 4 aromatic rings. The van der Waals surface area contributed by atoms with Gasteiger partial charge in [0.25, 0.3) is 0 Å². The van der Waals surface area contributed by atoms with Crippen molar-refractivity contribution in [2.24, 2.45) is 0 Å². The van der Waals surface area contributed by atoms with E-state index in [9.17, 15) is 9.18 Å². The first-order valence-electron chi connectivity index (χ1n) is 7.97. The fourth-order valence-electron chi connectivity index (χ4n) is 2.77. The average molecular weight is 383 g/mol. The first kappa shape index (κ1) is 17.2. The van der Waals surface area contributed by atoms with Gasteiger partial charge in [-0.25, -0.2) is 24.3 Å². The lowest BCUT2D eigenvalue weighted by molar-refractivity contribution is 0.101. The van der Waals surface area contributed by atoms with E-state index in [4.69, 9.17) is 16.3 Å². The maximum Gasteiger partial charge on any atom is 0.183 e. The monoisotopic (exact) mass is 382 g/mol. The summed E-state index contributed by atoms with van der Waals surface area (Å²) in [6.45, 7) is 1.36. The molecular weight excluding hydrogens is 371 g/mol. The van der Waals surface area contributed by atoms with Crippen LogP contribution in [0.15, 0.2) is 36.4 Å². The second-order valence-electron chi connectivity index (χ2n) is 5.78. The van der Waals surface area contributed by atoms with E-state index >= 15 is 0 Å². The summed E-state index contributed by atoms with van der Waals surface area (Å²) >= 11 is 5.95. The summed E-state index contributed by atoms with van der Waals surface area (Å²) in [7, 11) is 1.31. The van der Waals surface area contributed by atoms with Crippen LogP contribution in [0.3, 0.4) is 0 Å². The minimum Gasteiger partial charge on any atom is -0.492 e. The number of benzene rings is 2. The van der Waals surface area contributed by atoms with Gasteiger partial charge in [-0.3, -0.25) is 4.79 Å². The van der Waals surface area contributed by atoms with Crippen LogP contribution in [0, 0.1) is 5.82 Å². The number of halogens is 2. The molecular formula is C19H12ClFN4O2. The predicted molar refractivity (Wildman–Crippen MR) is 99.6 cm³/mol. The number of ketones is 1. The van der Waals surface area contributed by atoms with Gasteiger partial charge in [-0.2, -0.15) is 0 Å². The van der Waals surface area contributed by atoms with Crippen LogP contribution >= 0.6 is 11.6 Å². The summed E-state index contributed by atoms with van der Waals surface area (Å²) in [5, 5.41) is 0.122. The molecule has 27 heavy (non-hydrogen) atoms. The number of hydrogen-bond acceptors (Lipinski definition) is 6. The van der Waals surface area contributed by atoms with Gasteiger partial charge < -0.3 is 4.74 Å². The summed E-state index contributed by atoms with van der Waals surface area (Å²) in [6.07, 6.45) is 0. The second-order valence-corrected chi connectivity index (χ2v) is 6.19. The van der Waals surface area contributed by atoms with E-state index in [2.05, 4.69) is 19.9 Å². The Balaban J connectivity index is 2.05. The Morgan fingerprint density at radius 2 is 1.74 bits per heavy atom. The molecule has 0 fully saturated rings. The van der Waals surface area contributed by atoms with Crippen molar-refractivity contribution in [1.29, 1.82) is 0 Å². The molecule has 0 atom stereocenters. The van der Waals surface area contributed by atoms with Gasteiger partial charge in [0.15, 0.2) is 28.8 Å². The number of carbonyl (C=O) groups is 1. The molecule has 0 aliphatic rings. The van der Waals surface area contributed by atoms with Crippen LogP contribution in [-0.2, 0) is 0 Å². The zero-order valence-corrected chi connectivity index (χ0v) is 15.1. The second kappa shape index (κ2) is 6.51. The highest BCUT2D eigenvalue weighted by Gasteiger charge is 2.20. The molecule has 0 aliphatic carbocycles. The molecule has 0 spiro atoms. The molecule has 0 aliphatic heterocycles. The van der Waals surface area contributed by atoms with Crippen molar-refractivity contribution < 1.29 is 13.9 Å². The topological polar surface area (TPSA) is 77.9 Å². The van der Waals surface area contributed by atoms with Crippen molar-refractivity contribution in [3.8, 4) is 17.1 Å². The Morgan fingerprint density at radius 3 is 2.41 bits per heavy atom. The number of rotatable bonds is 3. The van der Waals surface area contributed by atoms with Gasteiger partial charge in [-0.15, -0.1) is 0 Å². The van der Waals surface area contributed by atoms with Crippen LogP contribution < -0.4 is 4.74 Å². The van der Waals surface area contributed by atoms with E-state index in [-0.39, 0.29) is 44.8 Å². The van der Waals surface area contributed by atoms with Crippen LogP contribution in [0.25, 0.3) is 33.6 Å². The van der Waals surface area contributed by atoms with Crippen LogP contribution in [0.1, 0.15) is 17.4 Å². The number of aromatic nitrogens is 4. The number of carbonyl (C=O) groups excluding carboxylic acids is 1. The summed E-state index contributed by atoms with van der Waals surface area (Å²) in [6, 6.07) is 10.1. The highest BCUT2D eigenvalue weighted by molar-refractivity contribution is 6.32. The maximum atomic E-state index is 14.8. The largest absolute Gasteiger partial charge is 0.492 e. The number of ether oxygens (including phenoxy) is 1. The number of hydrogen-bond donors (Lipinski definition) is 0. The molecule has 0 unspecified atom stereocenters. The Labute approximate surface area is 158 Å². The third-order valence-electron chi connectivity index (χ3n) is 4.03. The van der Waals surface area contributed by atoms with Gasteiger partial charge in [-0.1, -0.05) is 23.7 Å². The maximum absolute atomic E-state index is 14.8. The number of methoxy groups -OCH3 is 1. The summed E-state index contributed by atoms with van der Waals surface area (Å²) in [5.41, 5.74) is 1.82. The Bertz CT molecular complexity index is 1230. The fraction of sp³-hybridized carbons (Fsp3) is 0.105. The molecule has 0 bridgehead atoms. The number of nitrogens with zero attached hydrogens (tertiary/aromatic N) is 4. The van der Waals surface area contributed by atoms with Crippen LogP contribution in [-0.4, -0.2) is 32.8 Å². The van der Waals surface area contributed by atoms with Crippen molar-refractivity contribution in [3.63, 3.8) is 0 Å². The first-order chi connectivity index (χ1) is 13.0. The standard InChI is InChI=1S/C19H12ClFN4O2/c1-9(26)15-16-19(23-13-6-4-3-5-12(13)22-16)25-18(24-15)10-7-8-11(20)17(27-2)14(10)21/h3-8H,1-2H3. The Hall–Kier alpha value is -3.19. The van der Waals surface area contributed by atoms with Crippen molar-refractivity contribution in [1.82, 2.24) is 19.9 Å². The normalized spacial score (nSPS) is 11.1. The molecule has 2 aromatic heterocycles. The molecule has 0 N–H and O–H groups in total. The van der Waals surface area contributed by atoms with Gasteiger partial charge >= 0.3 is 0 Å². The first-order valence-corrected chi connectivity index (χ1v) is 8.35. The number of fused-ring (bicyclic) bond motifs is 2. The predicted octanol–water partition coefficient (Wildman–Crippen LogP) is 4.24. The zero-order chi connectivity index (χ0) is 19.1. The van der Waals surface area contributed by atoms with E-state index < -0.39 is 5.82 Å². The van der Waals surface area contributed by atoms with E-state index in [1.807, 2.05) is 12.1 Å². The summed E-state index contributed by atoms with van der Waals surface area (Å²) in [5.74, 6) is -1.15. The third-order valence-corrected chi connectivity index (χ3v) is 4.33. The molecule has 2 aromatic carbocycles. The fourth-order valence-corrected chi connectivity index (χ4v) is 2.99. The Kier molecular flexibility index (Phi) is 4.16. The quantitative estimate of drug-likeness (QED) is 0.389. The smallest absolute Gasteiger partial charge is 0.183 e. The lowest BCUT2D eigenvalue weighted by Gasteiger charge is -2.10. The van der Waals surface area contributed by atoms with Gasteiger partial charge in [0, 0.05) is 6.92 Å². The molecule has 8 heteroatoms. The summed E-state index contributed by atoms with van der Waals surface area (Å²) in [4.78, 5) is 29.6.